The molecule has 0 saturated carbocycles. The summed E-state index contributed by atoms with van der Waals surface area (Å²) in [6.45, 7) is 4.94. The molecule has 0 aliphatic carbocycles. The fraction of sp³-hybridized carbons (Fsp3) is 0.259. The summed E-state index contributed by atoms with van der Waals surface area (Å²) < 4.78 is 11.1. The number of carbonyl (C=O) groups excluding carboxylic acids is 2. The number of amides is 2. The van der Waals surface area contributed by atoms with Crippen LogP contribution in [0.5, 0.6) is 11.5 Å². The standard InChI is InChI=1S/C27H26N2O5/c1-3-32-21-14-10-18(11-15-21)24-23-25(34-29(24)20-8-6-5-7-9-20)27(31)28(26(23)30)19-12-16-22(17-13-19)33-4-2/h5-17,23-25H,3-4H2,1-2H3/t23-,24-,25-/m0/s1. The second-order valence-electron chi connectivity index (χ2n) is 8.10. The van der Waals surface area contributed by atoms with Gasteiger partial charge in [0.2, 0.25) is 5.91 Å². The van der Waals surface area contributed by atoms with E-state index in [0.717, 1.165) is 17.0 Å². The molecular weight excluding hydrogens is 432 g/mol. The van der Waals surface area contributed by atoms with Gasteiger partial charge in [-0.3, -0.25) is 14.4 Å². The van der Waals surface area contributed by atoms with Gasteiger partial charge >= 0.3 is 0 Å². The smallest absolute Gasteiger partial charge is 0.266 e. The van der Waals surface area contributed by atoms with Gasteiger partial charge in [0.15, 0.2) is 6.10 Å². The van der Waals surface area contributed by atoms with Crippen LogP contribution in [0.15, 0.2) is 78.9 Å². The van der Waals surface area contributed by atoms with E-state index in [-0.39, 0.29) is 11.8 Å². The molecular formula is C27H26N2O5. The SMILES string of the molecule is CCOc1ccc([C@H]2[C@@H]3C(=O)N(c4ccc(OCC)cc4)C(=O)[C@H]3ON2c2ccccc2)cc1. The number of nitrogens with zero attached hydrogens (tertiary/aromatic N) is 2. The number of fused-ring (bicyclic) bond motifs is 1. The highest BCUT2D eigenvalue weighted by Crippen LogP contribution is 2.47. The van der Waals surface area contributed by atoms with Gasteiger partial charge in [0.05, 0.1) is 30.6 Å². The van der Waals surface area contributed by atoms with E-state index in [0.29, 0.717) is 24.7 Å². The van der Waals surface area contributed by atoms with Crippen molar-refractivity contribution in [2.24, 2.45) is 5.92 Å². The number of hydrogen-bond donors (Lipinski definition) is 0. The summed E-state index contributed by atoms with van der Waals surface area (Å²) in [6, 6.07) is 23.6. The molecule has 34 heavy (non-hydrogen) atoms. The number of benzene rings is 3. The summed E-state index contributed by atoms with van der Waals surface area (Å²) in [5, 5.41) is 1.69. The third-order valence-electron chi connectivity index (χ3n) is 6.06. The van der Waals surface area contributed by atoms with Crippen LogP contribution in [0.3, 0.4) is 0 Å². The second-order valence-corrected chi connectivity index (χ2v) is 8.10. The first-order valence-corrected chi connectivity index (χ1v) is 11.5. The topological polar surface area (TPSA) is 68.3 Å². The van der Waals surface area contributed by atoms with Crippen LogP contribution in [0.2, 0.25) is 0 Å². The van der Waals surface area contributed by atoms with Crippen LogP contribution in [-0.2, 0) is 14.4 Å². The maximum atomic E-state index is 13.7. The van der Waals surface area contributed by atoms with Gasteiger partial charge in [0.25, 0.3) is 5.91 Å². The lowest BCUT2D eigenvalue weighted by Gasteiger charge is -2.28. The molecule has 2 heterocycles. The molecule has 0 radical (unpaired) electrons. The van der Waals surface area contributed by atoms with Gasteiger partial charge in [-0.2, -0.15) is 0 Å². The van der Waals surface area contributed by atoms with Crippen molar-refractivity contribution in [2.45, 2.75) is 26.0 Å². The molecule has 0 aromatic heterocycles. The van der Waals surface area contributed by atoms with E-state index in [1.165, 1.54) is 4.90 Å². The highest BCUT2D eigenvalue weighted by molar-refractivity contribution is 6.23. The number of imide groups is 1. The van der Waals surface area contributed by atoms with Crippen molar-refractivity contribution in [3.05, 3.63) is 84.4 Å². The molecule has 3 aromatic rings. The molecule has 0 spiro atoms. The normalized spacial score (nSPS) is 21.6. The minimum absolute atomic E-state index is 0.281. The molecule has 0 bridgehead atoms. The molecule has 174 valence electrons. The van der Waals surface area contributed by atoms with Crippen molar-refractivity contribution in [1.29, 1.82) is 0 Å². The zero-order valence-electron chi connectivity index (χ0n) is 19.1. The largest absolute Gasteiger partial charge is 0.494 e. The summed E-state index contributed by atoms with van der Waals surface area (Å²) in [5.41, 5.74) is 2.16. The van der Waals surface area contributed by atoms with Gasteiger partial charge < -0.3 is 9.47 Å². The quantitative estimate of drug-likeness (QED) is 0.485. The number of anilines is 2. The van der Waals surface area contributed by atoms with Crippen molar-refractivity contribution in [2.75, 3.05) is 23.2 Å². The molecule has 0 N–H and O–H groups in total. The lowest BCUT2D eigenvalue weighted by molar-refractivity contribution is -0.126. The monoisotopic (exact) mass is 458 g/mol. The van der Waals surface area contributed by atoms with Gasteiger partial charge in [0.1, 0.15) is 17.4 Å². The Labute approximate surface area is 198 Å². The first kappa shape index (κ1) is 22.0. The zero-order chi connectivity index (χ0) is 23.7. The molecule has 5 rings (SSSR count). The average molecular weight is 459 g/mol. The average Bonchev–Trinajstić information content (AvgIpc) is 3.37. The Balaban J connectivity index is 1.51. The molecule has 2 amide bonds. The lowest BCUT2D eigenvalue weighted by Crippen LogP contribution is -2.37. The Bertz CT molecular complexity index is 1160. The van der Waals surface area contributed by atoms with Crippen molar-refractivity contribution in [3.63, 3.8) is 0 Å². The molecule has 0 unspecified atom stereocenters. The van der Waals surface area contributed by atoms with Crippen molar-refractivity contribution in [1.82, 2.24) is 0 Å². The van der Waals surface area contributed by atoms with Gasteiger partial charge in [0, 0.05) is 0 Å². The van der Waals surface area contributed by atoms with E-state index in [1.807, 2.05) is 68.4 Å². The van der Waals surface area contributed by atoms with E-state index < -0.39 is 18.1 Å². The summed E-state index contributed by atoms with van der Waals surface area (Å²) in [6.07, 6.45) is -0.907. The fourth-order valence-electron chi connectivity index (χ4n) is 4.59. The van der Waals surface area contributed by atoms with Crippen molar-refractivity contribution < 1.29 is 23.9 Å². The van der Waals surface area contributed by atoms with E-state index in [4.69, 9.17) is 14.3 Å². The molecule has 2 saturated heterocycles. The van der Waals surface area contributed by atoms with Crippen LogP contribution >= 0.6 is 0 Å². The Hall–Kier alpha value is -3.84. The molecule has 2 fully saturated rings. The van der Waals surface area contributed by atoms with E-state index in [2.05, 4.69) is 0 Å². The van der Waals surface area contributed by atoms with Gasteiger partial charge in [-0.15, -0.1) is 0 Å². The molecule has 2 aliphatic heterocycles. The highest BCUT2D eigenvalue weighted by Gasteiger charge is 2.60. The highest BCUT2D eigenvalue weighted by atomic mass is 16.7. The van der Waals surface area contributed by atoms with Crippen LogP contribution in [0.4, 0.5) is 11.4 Å². The lowest BCUT2D eigenvalue weighted by atomic mass is 9.90. The molecule has 2 aliphatic rings. The van der Waals surface area contributed by atoms with Gasteiger partial charge in [-0.1, -0.05) is 30.3 Å². The van der Waals surface area contributed by atoms with E-state index in [9.17, 15) is 9.59 Å². The molecule has 3 atom stereocenters. The third kappa shape index (κ3) is 3.78. The van der Waals surface area contributed by atoms with Crippen LogP contribution < -0.4 is 19.4 Å². The number of hydroxylamine groups is 1. The minimum Gasteiger partial charge on any atom is -0.494 e. The number of carbonyl (C=O) groups is 2. The van der Waals surface area contributed by atoms with E-state index >= 15 is 0 Å². The Morgan fingerprint density at radius 1 is 0.735 bits per heavy atom. The van der Waals surface area contributed by atoms with Crippen LogP contribution in [0, 0.1) is 5.92 Å². The minimum atomic E-state index is -0.907. The molecule has 3 aromatic carbocycles. The predicted molar refractivity (Wildman–Crippen MR) is 128 cm³/mol. The number of ether oxygens (including phenoxy) is 2. The summed E-state index contributed by atoms with van der Waals surface area (Å²) in [7, 11) is 0. The Morgan fingerprint density at radius 2 is 1.32 bits per heavy atom. The van der Waals surface area contributed by atoms with Gasteiger partial charge in [-0.05, 0) is 67.9 Å². The van der Waals surface area contributed by atoms with Crippen molar-refractivity contribution in [3.8, 4) is 11.5 Å². The van der Waals surface area contributed by atoms with E-state index in [1.54, 1.807) is 29.3 Å². The maximum Gasteiger partial charge on any atom is 0.266 e. The number of rotatable bonds is 7. The first-order valence-electron chi connectivity index (χ1n) is 11.5. The van der Waals surface area contributed by atoms with Crippen molar-refractivity contribution >= 4 is 23.2 Å². The summed E-state index contributed by atoms with van der Waals surface area (Å²) in [5.74, 6) is 0.101. The first-order chi connectivity index (χ1) is 16.6. The fourth-order valence-corrected chi connectivity index (χ4v) is 4.59. The zero-order valence-corrected chi connectivity index (χ0v) is 19.1. The van der Waals surface area contributed by atoms with Crippen LogP contribution in [0.1, 0.15) is 25.5 Å². The second kappa shape index (κ2) is 9.19. The summed E-state index contributed by atoms with van der Waals surface area (Å²) in [4.78, 5) is 34.5. The van der Waals surface area contributed by atoms with Gasteiger partial charge in [-0.25, -0.2) is 9.96 Å². The predicted octanol–water partition coefficient (Wildman–Crippen LogP) is 4.54. The molecule has 7 nitrogen and oxygen atoms in total. The Morgan fingerprint density at radius 3 is 1.91 bits per heavy atom. The number of hydrogen-bond acceptors (Lipinski definition) is 6. The summed E-state index contributed by atoms with van der Waals surface area (Å²) >= 11 is 0. The van der Waals surface area contributed by atoms with Crippen LogP contribution in [0.25, 0.3) is 0 Å². The van der Waals surface area contributed by atoms with Crippen LogP contribution in [-0.4, -0.2) is 31.1 Å². The maximum absolute atomic E-state index is 13.7. The number of para-hydroxylation sites is 1. The third-order valence-corrected chi connectivity index (χ3v) is 6.06. The molecule has 7 heteroatoms. The Kier molecular flexibility index (Phi) is 5.94.